The largest absolute Gasteiger partial charge is 0.367 e. The third-order valence-corrected chi connectivity index (χ3v) is 1.58. The second-order valence-corrected chi connectivity index (χ2v) is 2.68. The monoisotopic (exact) mass is 172 g/mol. The first-order valence-corrected chi connectivity index (χ1v) is 4.42. The minimum absolute atomic E-state index is 0.344. The van der Waals surface area contributed by atoms with Gasteiger partial charge in [0, 0.05) is 19.7 Å². The highest BCUT2D eigenvalue weighted by molar-refractivity contribution is 4.89. The first-order chi connectivity index (χ1) is 5.81. The molecule has 0 fully saturated rings. The summed E-state index contributed by atoms with van der Waals surface area (Å²) in [6.07, 6.45) is 5.68. The van der Waals surface area contributed by atoms with Gasteiger partial charge in [-0.3, -0.25) is 0 Å². The standard InChI is InChI=1S/C6H11N.C3H9NO/c1-7-5-3-2-4-6-7;1-2-5-3-4/h2-3H,4-6H2,1H3;2-4H2,1H3. The van der Waals surface area contributed by atoms with Crippen molar-refractivity contribution in [3.63, 3.8) is 0 Å². The molecule has 1 rings (SSSR count). The number of hydrogen-bond donors (Lipinski definition) is 1. The molecule has 1 aliphatic heterocycles. The van der Waals surface area contributed by atoms with Crippen molar-refractivity contribution in [3.05, 3.63) is 12.2 Å². The Balaban J connectivity index is 0.000000217. The van der Waals surface area contributed by atoms with Gasteiger partial charge in [0.15, 0.2) is 0 Å². The fourth-order valence-electron chi connectivity index (χ4n) is 0.876. The van der Waals surface area contributed by atoms with Crippen LogP contribution in [0.15, 0.2) is 12.2 Å². The Labute approximate surface area is 75.2 Å². The van der Waals surface area contributed by atoms with Crippen LogP contribution in [0.3, 0.4) is 0 Å². The normalized spacial score (nSPS) is 16.9. The lowest BCUT2D eigenvalue weighted by molar-refractivity contribution is 0.155. The molecule has 72 valence electrons. The van der Waals surface area contributed by atoms with Gasteiger partial charge in [-0.05, 0) is 20.4 Å². The average molecular weight is 172 g/mol. The average Bonchev–Trinajstić information content (AvgIpc) is 2.08. The van der Waals surface area contributed by atoms with E-state index in [0.29, 0.717) is 6.73 Å². The van der Waals surface area contributed by atoms with Gasteiger partial charge in [-0.25, -0.2) is 0 Å². The summed E-state index contributed by atoms with van der Waals surface area (Å²) in [5.41, 5.74) is 4.92. The molecule has 0 aromatic carbocycles. The van der Waals surface area contributed by atoms with Gasteiger partial charge in [-0.1, -0.05) is 12.2 Å². The van der Waals surface area contributed by atoms with Crippen LogP contribution in [-0.4, -0.2) is 38.4 Å². The van der Waals surface area contributed by atoms with Gasteiger partial charge in [0.05, 0.1) is 6.73 Å². The zero-order valence-corrected chi connectivity index (χ0v) is 8.12. The first-order valence-electron chi connectivity index (χ1n) is 4.42. The minimum atomic E-state index is 0.344. The van der Waals surface area contributed by atoms with Crippen molar-refractivity contribution < 1.29 is 4.74 Å². The molecule has 0 saturated heterocycles. The molecule has 1 aliphatic rings. The second-order valence-electron chi connectivity index (χ2n) is 2.68. The summed E-state index contributed by atoms with van der Waals surface area (Å²) < 4.78 is 4.61. The van der Waals surface area contributed by atoms with E-state index in [1.165, 1.54) is 13.0 Å². The third-order valence-electron chi connectivity index (χ3n) is 1.58. The summed E-state index contributed by atoms with van der Waals surface area (Å²) >= 11 is 0. The molecule has 3 nitrogen and oxygen atoms in total. The fourth-order valence-corrected chi connectivity index (χ4v) is 0.876. The summed E-state index contributed by atoms with van der Waals surface area (Å²) in [5, 5.41) is 0. The first kappa shape index (κ1) is 11.6. The zero-order chi connectivity index (χ0) is 9.23. The van der Waals surface area contributed by atoms with Crippen molar-refractivity contribution in [1.82, 2.24) is 4.90 Å². The van der Waals surface area contributed by atoms with E-state index in [1.54, 1.807) is 0 Å². The molecular weight excluding hydrogens is 152 g/mol. The lowest BCUT2D eigenvalue weighted by Crippen LogP contribution is -2.21. The van der Waals surface area contributed by atoms with E-state index in [9.17, 15) is 0 Å². The van der Waals surface area contributed by atoms with Crippen LogP contribution in [0.1, 0.15) is 13.3 Å². The molecule has 0 spiro atoms. The van der Waals surface area contributed by atoms with Crippen molar-refractivity contribution in [1.29, 1.82) is 0 Å². The molecule has 0 atom stereocenters. The lowest BCUT2D eigenvalue weighted by atomic mass is 10.3. The fraction of sp³-hybridized carbons (Fsp3) is 0.778. The summed E-state index contributed by atoms with van der Waals surface area (Å²) in [7, 11) is 2.14. The number of likely N-dealkylation sites (N-methyl/N-ethyl adjacent to an activating group) is 1. The number of ether oxygens (including phenoxy) is 1. The van der Waals surface area contributed by atoms with Crippen LogP contribution >= 0.6 is 0 Å². The minimum Gasteiger partial charge on any atom is -0.367 e. The highest BCUT2D eigenvalue weighted by Crippen LogP contribution is 1.95. The summed E-state index contributed by atoms with van der Waals surface area (Å²) in [4.78, 5) is 2.31. The maximum Gasteiger partial charge on any atom is 0.0940 e. The Morgan fingerprint density at radius 2 is 2.25 bits per heavy atom. The van der Waals surface area contributed by atoms with Gasteiger partial charge in [0.1, 0.15) is 0 Å². The topological polar surface area (TPSA) is 38.5 Å². The van der Waals surface area contributed by atoms with E-state index < -0.39 is 0 Å². The smallest absolute Gasteiger partial charge is 0.0940 e. The number of hydrogen-bond acceptors (Lipinski definition) is 3. The van der Waals surface area contributed by atoms with Gasteiger partial charge in [0.2, 0.25) is 0 Å². The molecule has 0 amide bonds. The van der Waals surface area contributed by atoms with Crippen LogP contribution in [0, 0.1) is 0 Å². The van der Waals surface area contributed by atoms with Gasteiger partial charge >= 0.3 is 0 Å². The van der Waals surface area contributed by atoms with Crippen molar-refractivity contribution in [3.8, 4) is 0 Å². The van der Waals surface area contributed by atoms with E-state index in [0.717, 1.165) is 13.2 Å². The van der Waals surface area contributed by atoms with Crippen LogP contribution in [0.4, 0.5) is 0 Å². The Morgan fingerprint density at radius 1 is 1.50 bits per heavy atom. The molecule has 0 radical (unpaired) electrons. The number of nitrogens with zero attached hydrogens (tertiary/aromatic N) is 1. The maximum absolute atomic E-state index is 4.92. The van der Waals surface area contributed by atoms with Crippen LogP contribution in [0.25, 0.3) is 0 Å². The Bertz CT molecular complexity index is 113. The van der Waals surface area contributed by atoms with Crippen molar-refractivity contribution in [2.75, 3.05) is 33.5 Å². The molecule has 0 aromatic rings. The zero-order valence-electron chi connectivity index (χ0n) is 8.12. The predicted molar refractivity (Wildman–Crippen MR) is 51.9 cm³/mol. The molecule has 0 saturated carbocycles. The maximum atomic E-state index is 4.92. The molecule has 0 aromatic heterocycles. The van der Waals surface area contributed by atoms with Gasteiger partial charge in [0.25, 0.3) is 0 Å². The highest BCUT2D eigenvalue weighted by atomic mass is 16.5. The van der Waals surface area contributed by atoms with E-state index in [-0.39, 0.29) is 0 Å². The molecule has 1 heterocycles. The number of rotatable bonds is 2. The van der Waals surface area contributed by atoms with Crippen molar-refractivity contribution >= 4 is 0 Å². The SMILES string of the molecule is CCOCN.CN1CC=CCC1. The van der Waals surface area contributed by atoms with Crippen LogP contribution in [0.5, 0.6) is 0 Å². The van der Waals surface area contributed by atoms with Gasteiger partial charge in [-0.2, -0.15) is 0 Å². The van der Waals surface area contributed by atoms with E-state index in [2.05, 4.69) is 28.8 Å². The lowest BCUT2D eigenvalue weighted by Gasteiger charge is -2.15. The summed E-state index contributed by atoms with van der Waals surface area (Å²) in [5.74, 6) is 0. The molecular formula is C9H20N2O. The van der Waals surface area contributed by atoms with Crippen LogP contribution in [0.2, 0.25) is 0 Å². The van der Waals surface area contributed by atoms with Crippen LogP contribution < -0.4 is 5.73 Å². The van der Waals surface area contributed by atoms with Crippen molar-refractivity contribution in [2.24, 2.45) is 5.73 Å². The highest BCUT2D eigenvalue weighted by Gasteiger charge is 1.95. The quantitative estimate of drug-likeness (QED) is 0.495. The Morgan fingerprint density at radius 3 is 2.42 bits per heavy atom. The van der Waals surface area contributed by atoms with Gasteiger partial charge in [-0.15, -0.1) is 0 Å². The number of nitrogens with two attached hydrogens (primary N) is 1. The summed E-state index contributed by atoms with van der Waals surface area (Å²) in [6, 6.07) is 0. The Hall–Kier alpha value is -0.380. The third kappa shape index (κ3) is 7.72. The molecule has 12 heavy (non-hydrogen) atoms. The van der Waals surface area contributed by atoms with Crippen LogP contribution in [-0.2, 0) is 4.74 Å². The van der Waals surface area contributed by atoms with Gasteiger partial charge < -0.3 is 15.4 Å². The predicted octanol–water partition coefficient (Wildman–Crippen LogP) is 0.817. The molecule has 2 N–H and O–H groups in total. The van der Waals surface area contributed by atoms with E-state index in [1.807, 2.05) is 6.92 Å². The van der Waals surface area contributed by atoms with E-state index in [4.69, 9.17) is 5.73 Å². The molecule has 0 aliphatic carbocycles. The Kier molecular flexibility index (Phi) is 8.44. The summed E-state index contributed by atoms with van der Waals surface area (Å²) in [6.45, 7) is 5.34. The molecule has 0 bridgehead atoms. The van der Waals surface area contributed by atoms with Crippen molar-refractivity contribution in [2.45, 2.75) is 13.3 Å². The second kappa shape index (κ2) is 8.71. The molecule has 3 heteroatoms. The molecule has 0 unspecified atom stereocenters. The van der Waals surface area contributed by atoms with E-state index >= 15 is 0 Å².